The van der Waals surface area contributed by atoms with Crippen LogP contribution in [0.1, 0.15) is 12.5 Å². The van der Waals surface area contributed by atoms with Crippen molar-refractivity contribution < 1.29 is 0 Å². The molecule has 0 radical (unpaired) electrons. The Labute approximate surface area is 124 Å². The van der Waals surface area contributed by atoms with E-state index in [1.54, 1.807) is 6.07 Å². The summed E-state index contributed by atoms with van der Waals surface area (Å²) >= 11 is 0. The molecule has 1 fully saturated rings. The molecule has 2 heterocycles. The van der Waals surface area contributed by atoms with Crippen LogP contribution in [0, 0.1) is 6.92 Å². The number of piperazine rings is 1. The molecule has 110 valence electrons. The predicted molar refractivity (Wildman–Crippen MR) is 84.7 cm³/mol. The van der Waals surface area contributed by atoms with E-state index in [9.17, 15) is 4.79 Å². The molecular weight excluding hydrogens is 264 g/mol. The molecule has 1 aromatic heterocycles. The molecule has 3 rings (SSSR count). The number of aromatic amines is 1. The van der Waals surface area contributed by atoms with Crippen LogP contribution in [0.2, 0.25) is 0 Å². The largest absolute Gasteiger partial charge is 0.368 e. The molecule has 5 nitrogen and oxygen atoms in total. The van der Waals surface area contributed by atoms with Crippen molar-refractivity contribution in [1.82, 2.24) is 15.5 Å². The number of rotatable bonds is 2. The van der Waals surface area contributed by atoms with Crippen molar-refractivity contribution in [1.29, 1.82) is 0 Å². The van der Waals surface area contributed by atoms with Crippen LogP contribution in [0.4, 0.5) is 5.69 Å². The van der Waals surface area contributed by atoms with Crippen molar-refractivity contribution in [2.24, 2.45) is 0 Å². The third kappa shape index (κ3) is 2.97. The quantitative estimate of drug-likeness (QED) is 0.878. The van der Waals surface area contributed by atoms with E-state index in [1.165, 1.54) is 17.3 Å². The average molecular weight is 284 g/mol. The number of benzene rings is 1. The van der Waals surface area contributed by atoms with Gasteiger partial charge in [-0.15, -0.1) is 0 Å². The minimum Gasteiger partial charge on any atom is -0.368 e. The predicted octanol–water partition coefficient (Wildman–Crippen LogP) is 1.54. The number of nitrogens with zero attached hydrogens (tertiary/aromatic N) is 2. The molecule has 0 bridgehead atoms. The second-order valence-electron chi connectivity index (χ2n) is 5.61. The summed E-state index contributed by atoms with van der Waals surface area (Å²) in [6, 6.07) is 10.1. The first-order chi connectivity index (χ1) is 10.1. The molecule has 0 aliphatic carbocycles. The van der Waals surface area contributed by atoms with Crippen LogP contribution in [-0.2, 0) is 0 Å². The van der Waals surface area contributed by atoms with Gasteiger partial charge in [0.05, 0.1) is 5.69 Å². The molecule has 0 amide bonds. The maximum absolute atomic E-state index is 11.1. The third-order valence-electron chi connectivity index (χ3n) is 3.88. The summed E-state index contributed by atoms with van der Waals surface area (Å²) in [7, 11) is 0. The van der Waals surface area contributed by atoms with Gasteiger partial charge in [-0.05, 0) is 37.6 Å². The molecule has 0 saturated carbocycles. The topological polar surface area (TPSA) is 61.0 Å². The molecule has 5 heteroatoms. The normalized spacial score (nSPS) is 18.8. The van der Waals surface area contributed by atoms with E-state index in [2.05, 4.69) is 52.5 Å². The summed E-state index contributed by atoms with van der Waals surface area (Å²) in [6.45, 7) is 7.40. The zero-order chi connectivity index (χ0) is 14.8. The van der Waals surface area contributed by atoms with Gasteiger partial charge in [-0.2, -0.15) is 5.10 Å². The van der Waals surface area contributed by atoms with E-state index in [-0.39, 0.29) is 5.56 Å². The lowest BCUT2D eigenvalue weighted by Crippen LogP contribution is -2.49. The number of hydrogen-bond donors (Lipinski definition) is 2. The molecule has 1 saturated heterocycles. The van der Waals surface area contributed by atoms with Crippen molar-refractivity contribution in [3.8, 4) is 11.3 Å². The third-order valence-corrected chi connectivity index (χ3v) is 3.88. The minimum atomic E-state index is -0.179. The SMILES string of the molecule is Cc1cc(-c2ccc(=O)[nH]n2)ccc1N1CCN[C@H](C)C1. The Kier molecular flexibility index (Phi) is 3.75. The standard InChI is InChI=1S/C16H20N4O/c1-11-9-13(14-4-6-16(21)19-18-14)3-5-15(11)20-8-7-17-12(2)10-20/h3-6,9,12,17H,7-8,10H2,1-2H3,(H,19,21)/t12-/m1/s1. The highest BCUT2D eigenvalue weighted by atomic mass is 16.1. The van der Waals surface area contributed by atoms with Crippen molar-refractivity contribution in [3.63, 3.8) is 0 Å². The van der Waals surface area contributed by atoms with Gasteiger partial charge >= 0.3 is 0 Å². The maximum Gasteiger partial charge on any atom is 0.264 e. The number of hydrogen-bond acceptors (Lipinski definition) is 4. The number of H-pyrrole nitrogens is 1. The van der Waals surface area contributed by atoms with Crippen LogP contribution < -0.4 is 15.8 Å². The van der Waals surface area contributed by atoms with E-state index in [1.807, 2.05) is 0 Å². The summed E-state index contributed by atoms with van der Waals surface area (Å²) in [6.07, 6.45) is 0. The van der Waals surface area contributed by atoms with Crippen LogP contribution in [0.3, 0.4) is 0 Å². The first-order valence-electron chi connectivity index (χ1n) is 7.28. The Balaban J connectivity index is 1.89. The van der Waals surface area contributed by atoms with Crippen molar-refractivity contribution >= 4 is 5.69 Å². The van der Waals surface area contributed by atoms with Crippen LogP contribution in [0.15, 0.2) is 35.1 Å². The molecule has 1 aliphatic rings. The molecule has 1 aromatic carbocycles. The van der Waals surface area contributed by atoms with Crippen LogP contribution in [0.5, 0.6) is 0 Å². The summed E-state index contributed by atoms with van der Waals surface area (Å²) < 4.78 is 0. The zero-order valence-electron chi connectivity index (χ0n) is 12.4. The van der Waals surface area contributed by atoms with Crippen LogP contribution in [-0.4, -0.2) is 35.9 Å². The second-order valence-corrected chi connectivity index (χ2v) is 5.61. The molecule has 0 unspecified atom stereocenters. The average Bonchev–Trinajstić information content (AvgIpc) is 2.48. The molecule has 0 spiro atoms. The van der Waals surface area contributed by atoms with Gasteiger partial charge < -0.3 is 10.2 Å². The molecule has 2 N–H and O–H groups in total. The Hall–Kier alpha value is -2.14. The van der Waals surface area contributed by atoms with Crippen LogP contribution >= 0.6 is 0 Å². The van der Waals surface area contributed by atoms with Gasteiger partial charge in [0, 0.05) is 43.0 Å². The maximum atomic E-state index is 11.1. The smallest absolute Gasteiger partial charge is 0.264 e. The number of nitrogens with one attached hydrogen (secondary N) is 2. The minimum absolute atomic E-state index is 0.179. The molecular formula is C16H20N4O. The molecule has 2 aromatic rings. The van der Waals surface area contributed by atoms with Gasteiger partial charge in [0.25, 0.3) is 5.56 Å². The fourth-order valence-electron chi connectivity index (χ4n) is 2.83. The summed E-state index contributed by atoms with van der Waals surface area (Å²) in [5, 5.41) is 10.0. The van der Waals surface area contributed by atoms with Crippen molar-refractivity contribution in [3.05, 3.63) is 46.2 Å². The second kappa shape index (κ2) is 5.69. The van der Waals surface area contributed by atoms with Gasteiger partial charge in [0.2, 0.25) is 0 Å². The summed E-state index contributed by atoms with van der Waals surface area (Å²) in [4.78, 5) is 13.5. The van der Waals surface area contributed by atoms with Gasteiger partial charge in [0.1, 0.15) is 0 Å². The molecule has 1 aliphatic heterocycles. The Morgan fingerprint density at radius 1 is 1.29 bits per heavy atom. The first kappa shape index (κ1) is 13.8. The Bertz CT molecular complexity index is 674. The van der Waals surface area contributed by atoms with Gasteiger partial charge in [-0.1, -0.05) is 6.07 Å². The molecule has 21 heavy (non-hydrogen) atoms. The number of aromatic nitrogens is 2. The van der Waals surface area contributed by atoms with E-state index >= 15 is 0 Å². The van der Waals surface area contributed by atoms with E-state index in [0.29, 0.717) is 6.04 Å². The lowest BCUT2D eigenvalue weighted by atomic mass is 10.0. The highest BCUT2D eigenvalue weighted by molar-refractivity contribution is 5.66. The first-order valence-corrected chi connectivity index (χ1v) is 7.28. The molecule has 1 atom stereocenters. The number of anilines is 1. The summed E-state index contributed by atoms with van der Waals surface area (Å²) in [5.74, 6) is 0. The van der Waals surface area contributed by atoms with Crippen molar-refractivity contribution in [2.75, 3.05) is 24.5 Å². The Morgan fingerprint density at radius 3 is 2.81 bits per heavy atom. The highest BCUT2D eigenvalue weighted by Crippen LogP contribution is 2.26. The monoisotopic (exact) mass is 284 g/mol. The van der Waals surface area contributed by atoms with E-state index in [0.717, 1.165) is 30.9 Å². The zero-order valence-corrected chi connectivity index (χ0v) is 12.4. The van der Waals surface area contributed by atoms with E-state index < -0.39 is 0 Å². The summed E-state index contributed by atoms with van der Waals surface area (Å²) in [5.41, 5.74) is 4.14. The number of aryl methyl sites for hydroxylation is 1. The highest BCUT2D eigenvalue weighted by Gasteiger charge is 2.17. The Morgan fingerprint density at radius 2 is 2.14 bits per heavy atom. The van der Waals surface area contributed by atoms with Crippen molar-refractivity contribution in [2.45, 2.75) is 19.9 Å². The fraction of sp³-hybridized carbons (Fsp3) is 0.375. The van der Waals surface area contributed by atoms with E-state index in [4.69, 9.17) is 0 Å². The van der Waals surface area contributed by atoms with Gasteiger partial charge in [0.15, 0.2) is 0 Å². The lowest BCUT2D eigenvalue weighted by molar-refractivity contribution is 0.484. The van der Waals surface area contributed by atoms with Crippen LogP contribution in [0.25, 0.3) is 11.3 Å². The van der Waals surface area contributed by atoms with Gasteiger partial charge in [-0.3, -0.25) is 4.79 Å². The van der Waals surface area contributed by atoms with Gasteiger partial charge in [-0.25, -0.2) is 5.10 Å². The fourth-order valence-corrected chi connectivity index (χ4v) is 2.83. The lowest BCUT2D eigenvalue weighted by Gasteiger charge is -2.34.